The first kappa shape index (κ1) is 15.6. The Morgan fingerprint density at radius 2 is 2.12 bits per heavy atom. The zero-order chi connectivity index (χ0) is 17.2. The number of nitrogens with zero attached hydrogens (tertiary/aromatic N) is 5. The summed E-state index contributed by atoms with van der Waals surface area (Å²) in [5.41, 5.74) is 3.88. The van der Waals surface area contributed by atoms with Crippen molar-refractivity contribution in [1.29, 1.82) is 0 Å². The first-order valence-corrected chi connectivity index (χ1v) is 8.46. The Labute approximate surface area is 145 Å². The Kier molecular flexibility index (Phi) is 4.05. The van der Waals surface area contributed by atoms with E-state index in [1.807, 2.05) is 35.4 Å². The second-order valence-electron chi connectivity index (χ2n) is 6.48. The lowest BCUT2D eigenvalue weighted by Gasteiger charge is -2.32. The number of nitrogens with one attached hydrogen (secondary N) is 1. The first-order valence-electron chi connectivity index (χ1n) is 8.46. The molecule has 1 aliphatic rings. The molecule has 1 atom stereocenters. The number of H-pyrrole nitrogens is 1. The van der Waals surface area contributed by atoms with E-state index in [0.717, 1.165) is 42.9 Å². The number of carbonyl (C=O) groups excluding carboxylic acids is 1. The molecule has 0 bridgehead atoms. The fourth-order valence-electron chi connectivity index (χ4n) is 3.48. The standard InChI is InChI=1S/C18H20N6O/c1-13-9-19-22-17(13)15-5-3-7-23(10-15)18(25)14-4-2-6-16(8-14)24-11-20-21-12-24/h2,4,6,8-9,11-12,15H,3,5,7,10H2,1H3,(H,19,22)/t15-/m0/s1. The van der Waals surface area contributed by atoms with Crippen LogP contribution in [0, 0.1) is 6.92 Å². The molecular formula is C18H20N6O. The largest absolute Gasteiger partial charge is 0.338 e. The number of likely N-dealkylation sites (tertiary alicyclic amines) is 1. The number of aromatic nitrogens is 5. The van der Waals surface area contributed by atoms with Gasteiger partial charge in [-0.3, -0.25) is 14.5 Å². The van der Waals surface area contributed by atoms with Crippen LogP contribution in [0.15, 0.2) is 43.1 Å². The Hall–Kier alpha value is -2.96. The normalized spacial score (nSPS) is 17.6. The fraction of sp³-hybridized carbons (Fsp3) is 0.333. The molecule has 1 fully saturated rings. The van der Waals surface area contributed by atoms with Crippen molar-refractivity contribution < 1.29 is 4.79 Å². The number of rotatable bonds is 3. The lowest BCUT2D eigenvalue weighted by Crippen LogP contribution is -2.39. The second-order valence-corrected chi connectivity index (χ2v) is 6.48. The van der Waals surface area contributed by atoms with Crippen molar-refractivity contribution in [2.75, 3.05) is 13.1 Å². The molecular weight excluding hydrogens is 316 g/mol. The van der Waals surface area contributed by atoms with E-state index < -0.39 is 0 Å². The molecule has 1 amide bonds. The van der Waals surface area contributed by atoms with Gasteiger partial charge in [0.2, 0.25) is 0 Å². The molecule has 7 nitrogen and oxygen atoms in total. The van der Waals surface area contributed by atoms with Gasteiger partial charge in [0.15, 0.2) is 0 Å². The summed E-state index contributed by atoms with van der Waals surface area (Å²) in [6, 6.07) is 7.58. The third kappa shape index (κ3) is 3.05. The number of benzene rings is 1. The fourth-order valence-corrected chi connectivity index (χ4v) is 3.48. The van der Waals surface area contributed by atoms with Gasteiger partial charge in [0.1, 0.15) is 12.7 Å². The van der Waals surface area contributed by atoms with E-state index in [9.17, 15) is 4.79 Å². The van der Waals surface area contributed by atoms with Crippen molar-refractivity contribution in [2.45, 2.75) is 25.7 Å². The molecule has 0 saturated carbocycles. The second kappa shape index (κ2) is 6.51. The van der Waals surface area contributed by atoms with Crippen LogP contribution in [0.1, 0.15) is 40.4 Å². The number of amides is 1. The molecule has 1 N–H and O–H groups in total. The summed E-state index contributed by atoms with van der Waals surface area (Å²) in [6.07, 6.45) is 7.18. The van der Waals surface area contributed by atoms with E-state index in [0.29, 0.717) is 11.5 Å². The maximum Gasteiger partial charge on any atom is 0.253 e. The molecule has 1 aliphatic heterocycles. The summed E-state index contributed by atoms with van der Waals surface area (Å²) in [5.74, 6) is 0.387. The Morgan fingerprint density at radius 1 is 1.28 bits per heavy atom. The van der Waals surface area contributed by atoms with Crippen LogP contribution in [0.25, 0.3) is 5.69 Å². The van der Waals surface area contributed by atoms with Gasteiger partial charge < -0.3 is 4.90 Å². The summed E-state index contributed by atoms with van der Waals surface area (Å²) in [5, 5.41) is 14.9. The van der Waals surface area contributed by atoms with Gasteiger partial charge in [-0.15, -0.1) is 10.2 Å². The van der Waals surface area contributed by atoms with Crippen LogP contribution in [-0.2, 0) is 0 Å². The van der Waals surface area contributed by atoms with Gasteiger partial charge in [-0.05, 0) is 43.5 Å². The zero-order valence-electron chi connectivity index (χ0n) is 14.1. The van der Waals surface area contributed by atoms with Crippen LogP contribution in [-0.4, -0.2) is 48.9 Å². The smallest absolute Gasteiger partial charge is 0.253 e. The van der Waals surface area contributed by atoms with Gasteiger partial charge in [0.25, 0.3) is 5.91 Å². The minimum Gasteiger partial charge on any atom is -0.338 e. The van der Waals surface area contributed by atoms with Crippen LogP contribution in [0.2, 0.25) is 0 Å². The molecule has 25 heavy (non-hydrogen) atoms. The summed E-state index contributed by atoms with van der Waals surface area (Å²) >= 11 is 0. The van der Waals surface area contributed by atoms with Crippen molar-refractivity contribution in [3.8, 4) is 5.69 Å². The van der Waals surface area contributed by atoms with Crippen molar-refractivity contribution >= 4 is 5.91 Å². The van der Waals surface area contributed by atoms with Gasteiger partial charge in [0.05, 0.1) is 6.20 Å². The molecule has 0 unspecified atom stereocenters. The third-order valence-corrected chi connectivity index (χ3v) is 4.79. The van der Waals surface area contributed by atoms with Gasteiger partial charge in [0, 0.05) is 36.0 Å². The van der Waals surface area contributed by atoms with E-state index in [-0.39, 0.29) is 5.91 Å². The average molecular weight is 336 g/mol. The van der Waals surface area contributed by atoms with Crippen molar-refractivity contribution in [3.63, 3.8) is 0 Å². The SMILES string of the molecule is Cc1cn[nH]c1[C@H]1CCCN(C(=O)c2cccc(-n3cnnc3)c2)C1. The molecule has 1 saturated heterocycles. The molecule has 0 spiro atoms. The highest BCUT2D eigenvalue weighted by atomic mass is 16.2. The van der Waals surface area contributed by atoms with Gasteiger partial charge in [-0.2, -0.15) is 5.10 Å². The number of hydrogen-bond donors (Lipinski definition) is 1. The molecule has 0 radical (unpaired) electrons. The number of hydrogen-bond acceptors (Lipinski definition) is 4. The lowest BCUT2D eigenvalue weighted by molar-refractivity contribution is 0.0705. The molecule has 128 valence electrons. The summed E-state index contributed by atoms with van der Waals surface area (Å²) in [4.78, 5) is 14.9. The van der Waals surface area contributed by atoms with E-state index in [1.165, 1.54) is 0 Å². The number of piperidine rings is 1. The van der Waals surface area contributed by atoms with Crippen LogP contribution >= 0.6 is 0 Å². The van der Waals surface area contributed by atoms with Crippen LogP contribution < -0.4 is 0 Å². The predicted octanol–water partition coefficient (Wildman–Crippen LogP) is 2.32. The van der Waals surface area contributed by atoms with E-state index in [2.05, 4.69) is 27.3 Å². The van der Waals surface area contributed by atoms with E-state index in [1.54, 1.807) is 17.2 Å². The minimum atomic E-state index is 0.0665. The van der Waals surface area contributed by atoms with Crippen molar-refractivity contribution in [2.24, 2.45) is 0 Å². The lowest BCUT2D eigenvalue weighted by atomic mass is 9.92. The minimum absolute atomic E-state index is 0.0665. The molecule has 1 aromatic carbocycles. The van der Waals surface area contributed by atoms with Gasteiger partial charge >= 0.3 is 0 Å². The maximum atomic E-state index is 13.0. The Morgan fingerprint density at radius 3 is 2.88 bits per heavy atom. The summed E-state index contributed by atoms with van der Waals surface area (Å²) in [6.45, 7) is 3.57. The highest BCUT2D eigenvalue weighted by molar-refractivity contribution is 5.94. The zero-order valence-corrected chi connectivity index (χ0v) is 14.1. The molecule has 3 heterocycles. The quantitative estimate of drug-likeness (QED) is 0.796. The van der Waals surface area contributed by atoms with Crippen LogP contribution in [0.5, 0.6) is 0 Å². The number of aryl methyl sites for hydroxylation is 1. The summed E-state index contributed by atoms with van der Waals surface area (Å²) < 4.78 is 1.80. The Bertz CT molecular complexity index is 869. The van der Waals surface area contributed by atoms with Gasteiger partial charge in [-0.25, -0.2) is 0 Å². The molecule has 0 aliphatic carbocycles. The van der Waals surface area contributed by atoms with E-state index >= 15 is 0 Å². The molecule has 7 heteroatoms. The maximum absolute atomic E-state index is 13.0. The highest BCUT2D eigenvalue weighted by Crippen LogP contribution is 2.28. The predicted molar refractivity (Wildman–Crippen MR) is 92.6 cm³/mol. The Balaban J connectivity index is 1.54. The van der Waals surface area contributed by atoms with Crippen molar-refractivity contribution in [1.82, 2.24) is 29.9 Å². The van der Waals surface area contributed by atoms with E-state index in [4.69, 9.17) is 0 Å². The first-order chi connectivity index (χ1) is 12.2. The van der Waals surface area contributed by atoms with Crippen molar-refractivity contribution in [3.05, 3.63) is 59.9 Å². The van der Waals surface area contributed by atoms with Crippen LogP contribution in [0.3, 0.4) is 0 Å². The average Bonchev–Trinajstić information content (AvgIpc) is 3.33. The molecule has 3 aromatic rings. The molecule has 4 rings (SSSR count). The highest BCUT2D eigenvalue weighted by Gasteiger charge is 2.27. The number of carbonyl (C=O) groups is 1. The van der Waals surface area contributed by atoms with Gasteiger partial charge in [-0.1, -0.05) is 6.07 Å². The van der Waals surface area contributed by atoms with Crippen LogP contribution in [0.4, 0.5) is 0 Å². The molecule has 2 aromatic heterocycles. The number of aromatic amines is 1. The monoisotopic (exact) mass is 336 g/mol. The third-order valence-electron chi connectivity index (χ3n) is 4.79. The summed E-state index contributed by atoms with van der Waals surface area (Å²) in [7, 11) is 0. The topological polar surface area (TPSA) is 79.7 Å².